The first kappa shape index (κ1) is 16.8. The van der Waals surface area contributed by atoms with Gasteiger partial charge in [-0.15, -0.1) is 10.2 Å². The highest BCUT2D eigenvalue weighted by Gasteiger charge is 2.10. The van der Waals surface area contributed by atoms with Crippen LogP contribution in [0, 0.1) is 0 Å². The lowest BCUT2D eigenvalue weighted by molar-refractivity contribution is 0.306. The van der Waals surface area contributed by atoms with Crippen LogP contribution < -0.4 is 4.74 Å². The Morgan fingerprint density at radius 3 is 2.42 bits per heavy atom. The van der Waals surface area contributed by atoms with E-state index in [1.165, 1.54) is 17.3 Å². The maximum Gasteiger partial charge on any atom is 0.147 e. The summed E-state index contributed by atoms with van der Waals surface area (Å²) in [4.78, 5) is 0. The molecule has 0 fully saturated rings. The van der Waals surface area contributed by atoms with Crippen LogP contribution >= 0.6 is 34.8 Å². The number of rotatable bonds is 5. The maximum atomic E-state index is 6.26. The normalized spacial score (nSPS) is 11.1. The molecule has 1 heterocycles. The van der Waals surface area contributed by atoms with Gasteiger partial charge in [0.25, 0.3) is 0 Å². The molecule has 0 aliphatic heterocycles. The summed E-state index contributed by atoms with van der Waals surface area (Å²) in [5.74, 6) is 0.493. The van der Waals surface area contributed by atoms with Gasteiger partial charge in [0.1, 0.15) is 25.0 Å². The van der Waals surface area contributed by atoms with Crippen molar-refractivity contribution in [1.29, 1.82) is 0 Å². The van der Waals surface area contributed by atoms with Gasteiger partial charge in [-0.05, 0) is 29.8 Å². The molecule has 3 rings (SSSR count). The zero-order valence-electron chi connectivity index (χ0n) is 12.2. The van der Waals surface area contributed by atoms with Crippen molar-refractivity contribution in [2.45, 2.75) is 6.61 Å². The van der Waals surface area contributed by atoms with Crippen molar-refractivity contribution < 1.29 is 4.74 Å². The lowest BCUT2D eigenvalue weighted by atomic mass is 10.2. The smallest absolute Gasteiger partial charge is 0.147 e. The Morgan fingerprint density at radius 2 is 1.71 bits per heavy atom. The molecule has 8 heteroatoms. The van der Waals surface area contributed by atoms with Crippen LogP contribution in [0.1, 0.15) is 11.1 Å². The number of aromatic nitrogens is 3. The summed E-state index contributed by atoms with van der Waals surface area (Å²) in [5.41, 5.74) is 1.61. The number of hydrogen-bond acceptors (Lipinski definition) is 4. The summed E-state index contributed by atoms with van der Waals surface area (Å²) >= 11 is 18.2. The van der Waals surface area contributed by atoms with E-state index in [1.807, 2.05) is 12.1 Å². The number of nitrogens with zero attached hydrogens (tertiary/aromatic N) is 4. The Labute approximate surface area is 153 Å². The molecular formula is C16H11Cl3N4O. The lowest BCUT2D eigenvalue weighted by Crippen LogP contribution is -2.00. The van der Waals surface area contributed by atoms with Gasteiger partial charge in [-0.1, -0.05) is 46.9 Å². The average molecular weight is 382 g/mol. The zero-order valence-corrected chi connectivity index (χ0v) is 14.5. The summed E-state index contributed by atoms with van der Waals surface area (Å²) in [6.45, 7) is 0.339. The molecule has 24 heavy (non-hydrogen) atoms. The van der Waals surface area contributed by atoms with Crippen molar-refractivity contribution in [3.8, 4) is 5.75 Å². The van der Waals surface area contributed by atoms with Gasteiger partial charge in [0.2, 0.25) is 0 Å². The van der Waals surface area contributed by atoms with E-state index in [2.05, 4.69) is 15.3 Å². The van der Waals surface area contributed by atoms with Gasteiger partial charge in [-0.3, -0.25) is 0 Å². The lowest BCUT2D eigenvalue weighted by Gasteiger charge is -2.12. The molecule has 1 aromatic heterocycles. The van der Waals surface area contributed by atoms with Crippen molar-refractivity contribution in [3.63, 3.8) is 0 Å². The van der Waals surface area contributed by atoms with Crippen LogP contribution in [0.25, 0.3) is 0 Å². The Morgan fingerprint density at radius 1 is 1.00 bits per heavy atom. The Bertz CT molecular complexity index is 849. The minimum atomic E-state index is 0.339. The Hall–Kier alpha value is -2.08. The SMILES string of the molecule is Clc1ccc(COc2c(Cl)cc(Cl)cc2C=Nn2cnnc2)cc1. The van der Waals surface area contributed by atoms with Crippen molar-refractivity contribution in [2.75, 3.05) is 0 Å². The molecule has 0 unspecified atom stereocenters. The van der Waals surface area contributed by atoms with Crippen molar-refractivity contribution in [2.24, 2.45) is 5.10 Å². The predicted octanol–water partition coefficient (Wildman–Crippen LogP) is 4.70. The standard InChI is InChI=1S/C16H11Cl3N4O/c17-13-3-1-11(2-4-13)8-24-16-12(5-14(18)6-15(16)19)7-22-23-9-20-21-10-23/h1-7,9-10H,8H2. The van der Waals surface area contributed by atoms with Crippen molar-refractivity contribution >= 4 is 41.0 Å². The Balaban J connectivity index is 1.84. The minimum absolute atomic E-state index is 0.339. The highest BCUT2D eigenvalue weighted by Crippen LogP contribution is 2.32. The van der Waals surface area contributed by atoms with Gasteiger partial charge < -0.3 is 4.74 Å². The van der Waals surface area contributed by atoms with Gasteiger partial charge in [-0.2, -0.15) is 5.10 Å². The first-order chi connectivity index (χ1) is 11.6. The van der Waals surface area contributed by atoms with Crippen LogP contribution in [0.5, 0.6) is 5.75 Å². The van der Waals surface area contributed by atoms with E-state index in [0.29, 0.717) is 33.0 Å². The first-order valence-corrected chi connectivity index (χ1v) is 8.00. The van der Waals surface area contributed by atoms with E-state index in [0.717, 1.165) is 5.56 Å². The molecular weight excluding hydrogens is 371 g/mol. The van der Waals surface area contributed by atoms with Crippen LogP contribution in [-0.4, -0.2) is 21.1 Å². The molecule has 122 valence electrons. The molecule has 0 atom stereocenters. The van der Waals surface area contributed by atoms with E-state index in [9.17, 15) is 0 Å². The molecule has 3 aromatic rings. The molecule has 0 saturated carbocycles. The largest absolute Gasteiger partial charge is 0.487 e. The van der Waals surface area contributed by atoms with Crippen molar-refractivity contribution in [3.05, 3.63) is 75.2 Å². The van der Waals surface area contributed by atoms with Gasteiger partial charge >= 0.3 is 0 Å². The first-order valence-electron chi connectivity index (χ1n) is 6.87. The molecule has 2 aromatic carbocycles. The maximum absolute atomic E-state index is 6.26. The number of hydrogen-bond donors (Lipinski definition) is 0. The van der Waals surface area contributed by atoms with Crippen molar-refractivity contribution in [1.82, 2.24) is 14.9 Å². The summed E-state index contributed by atoms with van der Waals surface area (Å²) in [6, 6.07) is 10.7. The molecule has 0 saturated heterocycles. The van der Waals surface area contributed by atoms with E-state index in [4.69, 9.17) is 39.5 Å². The predicted molar refractivity (Wildman–Crippen MR) is 95.3 cm³/mol. The van der Waals surface area contributed by atoms with Gasteiger partial charge in [0.05, 0.1) is 11.2 Å². The van der Waals surface area contributed by atoms with Crippen LogP contribution in [0.4, 0.5) is 0 Å². The molecule has 0 bridgehead atoms. The Kier molecular flexibility index (Phi) is 5.35. The summed E-state index contributed by atoms with van der Waals surface area (Å²) in [6.07, 6.45) is 4.52. The fraction of sp³-hybridized carbons (Fsp3) is 0.0625. The van der Waals surface area contributed by atoms with E-state index in [1.54, 1.807) is 30.5 Å². The summed E-state index contributed by atoms with van der Waals surface area (Å²) in [7, 11) is 0. The van der Waals surface area contributed by atoms with E-state index >= 15 is 0 Å². The highest BCUT2D eigenvalue weighted by molar-refractivity contribution is 6.36. The molecule has 5 nitrogen and oxygen atoms in total. The second-order valence-corrected chi connectivity index (χ2v) is 6.09. The van der Waals surface area contributed by atoms with Crippen LogP contribution in [0.3, 0.4) is 0 Å². The van der Waals surface area contributed by atoms with E-state index in [-0.39, 0.29) is 0 Å². The molecule has 0 aliphatic rings. The topological polar surface area (TPSA) is 52.3 Å². The number of ether oxygens (including phenoxy) is 1. The van der Waals surface area contributed by atoms with Crippen LogP contribution in [0.15, 0.2) is 54.2 Å². The number of benzene rings is 2. The second kappa shape index (κ2) is 7.66. The van der Waals surface area contributed by atoms with Gasteiger partial charge in [0.15, 0.2) is 0 Å². The number of halogens is 3. The highest BCUT2D eigenvalue weighted by atomic mass is 35.5. The van der Waals surface area contributed by atoms with E-state index < -0.39 is 0 Å². The minimum Gasteiger partial charge on any atom is -0.487 e. The fourth-order valence-electron chi connectivity index (χ4n) is 1.95. The molecule has 0 radical (unpaired) electrons. The molecule has 0 amide bonds. The van der Waals surface area contributed by atoms with Gasteiger partial charge in [0, 0.05) is 15.6 Å². The zero-order chi connectivity index (χ0) is 16.9. The molecule has 0 aliphatic carbocycles. The van der Waals surface area contributed by atoms with Gasteiger partial charge in [-0.25, -0.2) is 4.68 Å². The molecule has 0 spiro atoms. The second-order valence-electron chi connectivity index (χ2n) is 4.81. The third-order valence-electron chi connectivity index (χ3n) is 3.07. The van der Waals surface area contributed by atoms with Crippen LogP contribution in [0.2, 0.25) is 15.1 Å². The monoisotopic (exact) mass is 380 g/mol. The summed E-state index contributed by atoms with van der Waals surface area (Å²) < 4.78 is 7.31. The third-order valence-corrected chi connectivity index (χ3v) is 3.82. The third kappa shape index (κ3) is 4.26. The van der Waals surface area contributed by atoms with Crippen LogP contribution in [-0.2, 0) is 6.61 Å². The average Bonchev–Trinajstić information content (AvgIpc) is 3.07. The fourth-order valence-corrected chi connectivity index (χ4v) is 2.64. The molecule has 0 N–H and O–H groups in total. The quantitative estimate of drug-likeness (QED) is 0.602. The summed E-state index contributed by atoms with van der Waals surface area (Å²) in [5, 5.41) is 13.1.